The first-order valence-corrected chi connectivity index (χ1v) is 10.1. The molecular weight excluding hydrogens is 350 g/mol. The largest absolute Gasteiger partial charge is 0.497 e. The number of thioether (sulfide) groups is 1. The van der Waals surface area contributed by atoms with E-state index in [0.29, 0.717) is 0 Å². The zero-order valence-electron chi connectivity index (χ0n) is 16.4. The van der Waals surface area contributed by atoms with E-state index in [1.165, 1.54) is 0 Å². The summed E-state index contributed by atoms with van der Waals surface area (Å²) in [6, 6.07) is 5.83. The maximum Gasteiger partial charge on any atom is 0.191 e. The standard InChI is InChI=1S/C19H31N3O3S/c1-14(16-12-15(23-3)6-7-17(16)24-4)22-18(20-2)21-13-19(26-5)8-10-25-11-9-19/h6-7,12,14H,8-11,13H2,1-5H3,(H2,20,21,22). The van der Waals surface area contributed by atoms with Gasteiger partial charge in [-0.05, 0) is 44.2 Å². The Bertz CT molecular complexity index is 604. The Balaban J connectivity index is 2.03. The molecule has 1 aliphatic heterocycles. The smallest absolute Gasteiger partial charge is 0.191 e. The van der Waals surface area contributed by atoms with Gasteiger partial charge >= 0.3 is 0 Å². The van der Waals surface area contributed by atoms with E-state index in [0.717, 1.165) is 55.6 Å². The molecule has 7 heteroatoms. The Morgan fingerprint density at radius 3 is 2.62 bits per heavy atom. The molecule has 146 valence electrons. The summed E-state index contributed by atoms with van der Waals surface area (Å²) in [5.74, 6) is 2.41. The summed E-state index contributed by atoms with van der Waals surface area (Å²) in [5.41, 5.74) is 1.03. The minimum atomic E-state index is 0.0196. The van der Waals surface area contributed by atoms with Gasteiger partial charge < -0.3 is 24.8 Å². The highest BCUT2D eigenvalue weighted by Crippen LogP contribution is 2.33. The molecule has 1 atom stereocenters. The maximum absolute atomic E-state index is 5.52. The van der Waals surface area contributed by atoms with Crippen LogP contribution in [0.1, 0.15) is 31.4 Å². The number of benzene rings is 1. The van der Waals surface area contributed by atoms with Crippen LogP contribution in [0.5, 0.6) is 11.5 Å². The highest BCUT2D eigenvalue weighted by atomic mass is 32.2. The van der Waals surface area contributed by atoms with Crippen LogP contribution in [0.3, 0.4) is 0 Å². The van der Waals surface area contributed by atoms with Crippen molar-refractivity contribution in [3.8, 4) is 11.5 Å². The number of hydrogen-bond acceptors (Lipinski definition) is 5. The van der Waals surface area contributed by atoms with Gasteiger partial charge in [-0.2, -0.15) is 11.8 Å². The lowest BCUT2D eigenvalue weighted by Crippen LogP contribution is -2.48. The molecule has 1 saturated heterocycles. The monoisotopic (exact) mass is 381 g/mol. The molecule has 0 aliphatic carbocycles. The van der Waals surface area contributed by atoms with Crippen LogP contribution < -0.4 is 20.1 Å². The van der Waals surface area contributed by atoms with Crippen molar-refractivity contribution in [3.63, 3.8) is 0 Å². The van der Waals surface area contributed by atoms with Gasteiger partial charge in [0.15, 0.2) is 5.96 Å². The number of nitrogens with zero attached hydrogens (tertiary/aromatic N) is 1. The Labute approximate surface area is 161 Å². The molecular formula is C19H31N3O3S. The van der Waals surface area contributed by atoms with E-state index in [1.54, 1.807) is 21.3 Å². The fraction of sp³-hybridized carbons (Fsp3) is 0.632. The fourth-order valence-corrected chi connectivity index (χ4v) is 3.89. The summed E-state index contributed by atoms with van der Waals surface area (Å²) in [7, 11) is 5.14. The zero-order chi connectivity index (χ0) is 19.0. The number of nitrogens with one attached hydrogen (secondary N) is 2. The highest BCUT2D eigenvalue weighted by molar-refractivity contribution is 8.00. The van der Waals surface area contributed by atoms with Gasteiger partial charge in [0, 0.05) is 37.1 Å². The molecule has 2 N–H and O–H groups in total. The van der Waals surface area contributed by atoms with Gasteiger partial charge in [0.25, 0.3) is 0 Å². The van der Waals surface area contributed by atoms with E-state index in [4.69, 9.17) is 14.2 Å². The van der Waals surface area contributed by atoms with Gasteiger partial charge in [0.2, 0.25) is 0 Å². The Morgan fingerprint density at radius 1 is 1.31 bits per heavy atom. The molecule has 2 rings (SSSR count). The van der Waals surface area contributed by atoms with Crippen molar-refractivity contribution in [2.75, 3.05) is 47.3 Å². The lowest BCUT2D eigenvalue weighted by atomic mass is 9.99. The van der Waals surface area contributed by atoms with Gasteiger partial charge in [-0.3, -0.25) is 4.99 Å². The van der Waals surface area contributed by atoms with Crippen molar-refractivity contribution in [1.29, 1.82) is 0 Å². The van der Waals surface area contributed by atoms with E-state index in [9.17, 15) is 0 Å². The first kappa shape index (κ1) is 20.7. The molecule has 0 bridgehead atoms. The molecule has 0 radical (unpaired) electrons. The second-order valence-corrected chi connectivity index (χ2v) is 7.67. The van der Waals surface area contributed by atoms with E-state index >= 15 is 0 Å². The zero-order valence-corrected chi connectivity index (χ0v) is 17.2. The molecule has 6 nitrogen and oxygen atoms in total. The minimum absolute atomic E-state index is 0.0196. The van der Waals surface area contributed by atoms with Crippen LogP contribution in [-0.4, -0.2) is 58.0 Å². The number of hydrogen-bond donors (Lipinski definition) is 2. The average molecular weight is 382 g/mol. The lowest BCUT2D eigenvalue weighted by molar-refractivity contribution is 0.0782. The number of guanidine groups is 1. The summed E-state index contributed by atoms with van der Waals surface area (Å²) in [6.45, 7) is 4.60. The Hall–Kier alpha value is -1.60. The molecule has 0 saturated carbocycles. The minimum Gasteiger partial charge on any atom is -0.497 e. The molecule has 1 unspecified atom stereocenters. The van der Waals surface area contributed by atoms with Crippen LogP contribution in [0.4, 0.5) is 0 Å². The Kier molecular flexibility index (Phi) is 7.90. The summed E-state index contributed by atoms with van der Waals surface area (Å²) in [5, 5.41) is 6.94. The quantitative estimate of drug-likeness (QED) is 0.559. The number of methoxy groups -OCH3 is 2. The van der Waals surface area contributed by atoms with Crippen molar-refractivity contribution in [3.05, 3.63) is 23.8 Å². The van der Waals surface area contributed by atoms with Gasteiger partial charge in [0.05, 0.1) is 20.3 Å². The first-order chi connectivity index (χ1) is 12.6. The van der Waals surface area contributed by atoms with Gasteiger partial charge in [0.1, 0.15) is 11.5 Å². The van der Waals surface area contributed by atoms with E-state index in [1.807, 2.05) is 30.0 Å². The molecule has 0 amide bonds. The number of ether oxygens (including phenoxy) is 3. The molecule has 1 fully saturated rings. The number of aliphatic imine (C=N–C) groups is 1. The van der Waals surface area contributed by atoms with Crippen LogP contribution in [-0.2, 0) is 4.74 Å². The average Bonchev–Trinajstić information content (AvgIpc) is 2.71. The first-order valence-electron chi connectivity index (χ1n) is 8.89. The van der Waals surface area contributed by atoms with E-state index < -0.39 is 0 Å². The second kappa shape index (κ2) is 9.92. The van der Waals surface area contributed by atoms with E-state index in [-0.39, 0.29) is 10.8 Å². The van der Waals surface area contributed by atoms with E-state index in [2.05, 4.69) is 28.8 Å². The van der Waals surface area contributed by atoms with Crippen molar-refractivity contribution in [2.45, 2.75) is 30.6 Å². The van der Waals surface area contributed by atoms with Crippen molar-refractivity contribution in [2.24, 2.45) is 4.99 Å². The molecule has 1 aromatic carbocycles. The second-order valence-electron chi connectivity index (χ2n) is 6.40. The van der Waals surface area contributed by atoms with Crippen LogP contribution in [0.25, 0.3) is 0 Å². The van der Waals surface area contributed by atoms with Gasteiger partial charge in [-0.15, -0.1) is 0 Å². The predicted octanol–water partition coefficient (Wildman–Crippen LogP) is 2.84. The topological polar surface area (TPSA) is 64.1 Å². The number of rotatable bonds is 7. The maximum atomic E-state index is 5.52. The van der Waals surface area contributed by atoms with Crippen LogP contribution >= 0.6 is 11.8 Å². The molecule has 0 aromatic heterocycles. The van der Waals surface area contributed by atoms with Crippen molar-refractivity contribution < 1.29 is 14.2 Å². The molecule has 1 heterocycles. The summed E-state index contributed by atoms with van der Waals surface area (Å²) >= 11 is 1.91. The predicted molar refractivity (Wildman–Crippen MR) is 109 cm³/mol. The molecule has 0 spiro atoms. The highest BCUT2D eigenvalue weighted by Gasteiger charge is 2.32. The molecule has 1 aliphatic rings. The van der Waals surface area contributed by atoms with Crippen molar-refractivity contribution >= 4 is 17.7 Å². The Morgan fingerprint density at radius 2 is 2.04 bits per heavy atom. The third-order valence-corrected chi connectivity index (χ3v) is 6.31. The molecule has 26 heavy (non-hydrogen) atoms. The lowest BCUT2D eigenvalue weighted by Gasteiger charge is -2.36. The van der Waals surface area contributed by atoms with Gasteiger partial charge in [-0.25, -0.2) is 0 Å². The van der Waals surface area contributed by atoms with Crippen LogP contribution in [0.15, 0.2) is 23.2 Å². The third kappa shape index (κ3) is 5.20. The van der Waals surface area contributed by atoms with Crippen LogP contribution in [0.2, 0.25) is 0 Å². The third-order valence-electron chi connectivity index (χ3n) is 4.90. The van der Waals surface area contributed by atoms with Crippen molar-refractivity contribution in [1.82, 2.24) is 10.6 Å². The van der Waals surface area contributed by atoms with Crippen LogP contribution in [0, 0.1) is 0 Å². The van der Waals surface area contributed by atoms with Gasteiger partial charge in [-0.1, -0.05) is 0 Å². The fourth-order valence-electron chi connectivity index (χ4n) is 3.10. The summed E-state index contributed by atoms with van der Waals surface area (Å²) in [6.07, 6.45) is 4.28. The normalized spacial score (nSPS) is 18.1. The SMILES string of the molecule is CN=C(NCC1(SC)CCOCC1)NC(C)c1cc(OC)ccc1OC. The summed E-state index contributed by atoms with van der Waals surface area (Å²) < 4.78 is 16.6. The molecule has 1 aromatic rings. The summed E-state index contributed by atoms with van der Waals surface area (Å²) in [4.78, 5) is 4.38.